The van der Waals surface area contributed by atoms with Gasteiger partial charge in [0, 0.05) is 12.1 Å². The quantitative estimate of drug-likeness (QED) is 0.844. The molecule has 0 radical (unpaired) electrons. The molecule has 5 heteroatoms. The normalized spacial score (nSPS) is 25.3. The van der Waals surface area contributed by atoms with Gasteiger partial charge in [-0.15, -0.1) is 0 Å². The molecule has 2 saturated carbocycles. The van der Waals surface area contributed by atoms with Crippen LogP contribution in [0.5, 0.6) is 5.75 Å². The van der Waals surface area contributed by atoms with Crippen molar-refractivity contribution >= 4 is 17.6 Å². The average Bonchev–Trinajstić information content (AvgIpc) is 3.10. The van der Waals surface area contributed by atoms with E-state index in [-0.39, 0.29) is 12.5 Å². The molecule has 23 heavy (non-hydrogen) atoms. The molecule has 2 bridgehead atoms. The van der Waals surface area contributed by atoms with Crippen molar-refractivity contribution in [2.45, 2.75) is 39.0 Å². The molecule has 2 aliphatic carbocycles. The molecule has 1 amide bonds. The Morgan fingerprint density at radius 1 is 1.30 bits per heavy atom. The van der Waals surface area contributed by atoms with Gasteiger partial charge in [-0.05, 0) is 67.7 Å². The van der Waals surface area contributed by atoms with Crippen LogP contribution < -0.4 is 10.1 Å². The van der Waals surface area contributed by atoms with Crippen LogP contribution in [0.4, 0.5) is 5.69 Å². The predicted molar refractivity (Wildman–Crippen MR) is 86.5 cm³/mol. The Balaban J connectivity index is 1.54. The van der Waals surface area contributed by atoms with Gasteiger partial charge in [-0.3, -0.25) is 4.79 Å². The molecule has 3 rings (SSSR count). The van der Waals surface area contributed by atoms with Gasteiger partial charge in [0.15, 0.2) is 6.61 Å². The van der Waals surface area contributed by atoms with Gasteiger partial charge in [-0.25, -0.2) is 4.79 Å². The van der Waals surface area contributed by atoms with E-state index >= 15 is 0 Å². The number of fused-ring (bicyclic) bond motifs is 2. The molecule has 1 aromatic rings. The molecule has 0 aliphatic heterocycles. The van der Waals surface area contributed by atoms with Crippen molar-refractivity contribution in [3.8, 4) is 5.75 Å². The molecule has 0 heterocycles. The highest BCUT2D eigenvalue weighted by Crippen LogP contribution is 2.49. The van der Waals surface area contributed by atoms with Crippen molar-refractivity contribution in [1.29, 1.82) is 0 Å². The van der Waals surface area contributed by atoms with Crippen LogP contribution >= 0.6 is 0 Å². The van der Waals surface area contributed by atoms with E-state index in [0.29, 0.717) is 18.1 Å². The molecule has 3 atom stereocenters. The van der Waals surface area contributed by atoms with Crippen LogP contribution in [0.2, 0.25) is 0 Å². The summed E-state index contributed by atoms with van der Waals surface area (Å²) in [5.74, 6) is 1.71. The number of hydrogen-bond acceptors (Lipinski definition) is 3. The van der Waals surface area contributed by atoms with E-state index in [1.807, 2.05) is 6.92 Å². The van der Waals surface area contributed by atoms with Gasteiger partial charge >= 0.3 is 5.97 Å². The van der Waals surface area contributed by atoms with Gasteiger partial charge in [0.05, 0.1) is 0 Å². The van der Waals surface area contributed by atoms with Crippen LogP contribution in [0.15, 0.2) is 18.2 Å². The summed E-state index contributed by atoms with van der Waals surface area (Å²) in [6.45, 7) is 1.51. The monoisotopic (exact) mass is 317 g/mol. The second kappa shape index (κ2) is 6.60. The van der Waals surface area contributed by atoms with Crippen molar-refractivity contribution < 1.29 is 19.4 Å². The zero-order chi connectivity index (χ0) is 16.4. The molecule has 124 valence electrons. The zero-order valence-corrected chi connectivity index (χ0v) is 13.4. The lowest BCUT2D eigenvalue weighted by atomic mass is 9.86. The first-order chi connectivity index (χ1) is 11.0. The summed E-state index contributed by atoms with van der Waals surface area (Å²) in [4.78, 5) is 22.8. The number of carbonyl (C=O) groups is 2. The number of aryl methyl sites for hydroxylation is 1. The summed E-state index contributed by atoms with van der Waals surface area (Å²) < 4.78 is 5.14. The molecule has 5 nitrogen and oxygen atoms in total. The fourth-order valence-electron chi connectivity index (χ4n) is 4.08. The molecule has 2 N–H and O–H groups in total. The SMILES string of the molecule is Cc1cc(OCC(=O)O)ccc1NC(=O)C[C@H]1C[C@H]2CC[C@H]1C2. The molecule has 0 saturated heterocycles. The molecule has 1 aromatic carbocycles. The van der Waals surface area contributed by atoms with E-state index in [0.717, 1.165) is 23.1 Å². The van der Waals surface area contributed by atoms with Crippen LogP contribution in [0.1, 0.15) is 37.7 Å². The Morgan fingerprint density at radius 2 is 2.13 bits per heavy atom. The largest absolute Gasteiger partial charge is 0.482 e. The number of hydrogen-bond donors (Lipinski definition) is 2. The number of nitrogens with one attached hydrogen (secondary N) is 1. The van der Waals surface area contributed by atoms with Gasteiger partial charge in [0.2, 0.25) is 5.91 Å². The second-order valence-corrected chi connectivity index (χ2v) is 6.85. The van der Waals surface area contributed by atoms with Crippen molar-refractivity contribution in [3.63, 3.8) is 0 Å². The lowest BCUT2D eigenvalue weighted by molar-refractivity contribution is -0.139. The first-order valence-electron chi connectivity index (χ1n) is 8.26. The summed E-state index contributed by atoms with van der Waals surface area (Å²) in [6, 6.07) is 5.20. The van der Waals surface area contributed by atoms with Gasteiger partial charge in [0.25, 0.3) is 0 Å². The summed E-state index contributed by atoms with van der Waals surface area (Å²) in [6.07, 6.45) is 5.76. The number of benzene rings is 1. The molecule has 0 spiro atoms. The van der Waals surface area contributed by atoms with Gasteiger partial charge in [-0.1, -0.05) is 6.42 Å². The third kappa shape index (κ3) is 3.84. The summed E-state index contributed by atoms with van der Waals surface area (Å²) in [7, 11) is 0. The Hall–Kier alpha value is -2.04. The number of anilines is 1. The van der Waals surface area contributed by atoms with Crippen LogP contribution in [0, 0.1) is 24.7 Å². The lowest BCUT2D eigenvalue weighted by Crippen LogP contribution is -2.20. The molecule has 0 unspecified atom stereocenters. The second-order valence-electron chi connectivity index (χ2n) is 6.85. The molecule has 0 aromatic heterocycles. The van der Waals surface area contributed by atoms with E-state index in [4.69, 9.17) is 9.84 Å². The highest BCUT2D eigenvalue weighted by atomic mass is 16.5. The van der Waals surface area contributed by atoms with Crippen LogP contribution in [-0.2, 0) is 9.59 Å². The average molecular weight is 317 g/mol. The number of carbonyl (C=O) groups excluding carboxylic acids is 1. The minimum Gasteiger partial charge on any atom is -0.482 e. The van der Waals surface area contributed by atoms with Crippen molar-refractivity contribution in [1.82, 2.24) is 0 Å². The third-order valence-electron chi connectivity index (χ3n) is 5.17. The number of amides is 1. The van der Waals surface area contributed by atoms with Crippen LogP contribution in [-0.4, -0.2) is 23.6 Å². The lowest BCUT2D eigenvalue weighted by Gasteiger charge is -2.21. The maximum Gasteiger partial charge on any atom is 0.341 e. The minimum atomic E-state index is -1.01. The molecule has 2 fully saturated rings. The molecular formula is C18H23NO4. The van der Waals surface area contributed by atoms with E-state index in [1.165, 1.54) is 25.7 Å². The summed E-state index contributed by atoms with van der Waals surface area (Å²) in [5, 5.41) is 11.6. The third-order valence-corrected chi connectivity index (χ3v) is 5.17. The smallest absolute Gasteiger partial charge is 0.341 e. The first kappa shape index (κ1) is 15.8. The molecular weight excluding hydrogens is 294 g/mol. The maximum atomic E-state index is 12.3. The summed E-state index contributed by atoms with van der Waals surface area (Å²) in [5.41, 5.74) is 1.63. The number of ether oxygens (including phenoxy) is 1. The van der Waals surface area contributed by atoms with Crippen LogP contribution in [0.25, 0.3) is 0 Å². The molecule has 2 aliphatic rings. The topological polar surface area (TPSA) is 75.6 Å². The van der Waals surface area contributed by atoms with Gasteiger partial charge in [0.1, 0.15) is 5.75 Å². The highest BCUT2D eigenvalue weighted by molar-refractivity contribution is 5.91. The minimum absolute atomic E-state index is 0.0739. The number of carboxylic acids is 1. The van der Waals surface area contributed by atoms with E-state index in [2.05, 4.69) is 5.32 Å². The van der Waals surface area contributed by atoms with Gasteiger partial charge in [-0.2, -0.15) is 0 Å². The fraction of sp³-hybridized carbons (Fsp3) is 0.556. The number of aliphatic carboxylic acids is 1. The van der Waals surface area contributed by atoms with E-state index in [1.54, 1.807) is 18.2 Å². The van der Waals surface area contributed by atoms with E-state index in [9.17, 15) is 9.59 Å². The predicted octanol–water partition coefficient (Wildman–Crippen LogP) is 3.22. The Bertz CT molecular complexity index is 613. The Kier molecular flexibility index (Phi) is 4.55. The number of rotatable bonds is 6. The van der Waals surface area contributed by atoms with Crippen molar-refractivity contribution in [3.05, 3.63) is 23.8 Å². The maximum absolute atomic E-state index is 12.3. The Morgan fingerprint density at radius 3 is 2.74 bits per heavy atom. The van der Waals surface area contributed by atoms with E-state index < -0.39 is 5.97 Å². The zero-order valence-electron chi connectivity index (χ0n) is 13.4. The highest BCUT2D eigenvalue weighted by Gasteiger charge is 2.40. The van der Waals surface area contributed by atoms with Gasteiger partial charge < -0.3 is 15.2 Å². The van der Waals surface area contributed by atoms with Crippen LogP contribution in [0.3, 0.4) is 0 Å². The standard InChI is InChI=1S/C18H23NO4/c1-11-6-15(23-10-18(21)22)4-5-16(11)19-17(20)9-14-8-12-2-3-13(14)7-12/h4-6,12-14H,2-3,7-10H2,1H3,(H,19,20)(H,21,22)/t12-,13-,14+/m0/s1. The first-order valence-corrected chi connectivity index (χ1v) is 8.26. The summed E-state index contributed by atoms with van der Waals surface area (Å²) >= 11 is 0. The van der Waals surface area contributed by atoms with Crippen molar-refractivity contribution in [2.24, 2.45) is 17.8 Å². The van der Waals surface area contributed by atoms with Crippen molar-refractivity contribution in [2.75, 3.05) is 11.9 Å². The fourth-order valence-corrected chi connectivity index (χ4v) is 4.08. The Labute approximate surface area is 136 Å². The number of carboxylic acid groups (broad SMARTS) is 1.